The van der Waals surface area contributed by atoms with E-state index in [4.69, 9.17) is 27.6 Å². The van der Waals surface area contributed by atoms with Crippen molar-refractivity contribution in [2.24, 2.45) is 0 Å². The number of esters is 2. The van der Waals surface area contributed by atoms with Crippen LogP contribution in [0.15, 0.2) is 0 Å². The first-order chi connectivity index (χ1) is 51.6. The smallest absolute Gasteiger partial charge is 0.756 e. The monoisotopic (exact) mass is 1590 g/mol. The second kappa shape index (κ2) is 84.3. The quantitative estimate of drug-likeness (QED) is 0.0191. The van der Waals surface area contributed by atoms with Gasteiger partial charge in [-0.05, 0) is 51.4 Å². The summed E-state index contributed by atoms with van der Waals surface area (Å²) in [4.78, 5) is 94.2. The van der Waals surface area contributed by atoms with Gasteiger partial charge in [-0.3, -0.25) is 28.3 Å². The van der Waals surface area contributed by atoms with E-state index in [9.17, 15) is 42.9 Å². The van der Waals surface area contributed by atoms with Gasteiger partial charge in [0, 0.05) is 38.8 Å². The number of urea groups is 1. The van der Waals surface area contributed by atoms with Crippen molar-refractivity contribution in [3.05, 3.63) is 0 Å². The Bertz CT molecular complexity index is 1970. The fourth-order valence-corrected chi connectivity index (χ4v) is 15.1. The Morgan fingerprint density at radius 2 is 0.491 bits per heavy atom. The second-order valence-electron chi connectivity index (χ2n) is 30.7. The molecule has 0 radical (unpaired) electrons. The Hall–Kier alpha value is -0.630. The van der Waals surface area contributed by atoms with Crippen molar-refractivity contribution < 1.29 is 130 Å². The third kappa shape index (κ3) is 77.9. The Kier molecular flexibility index (Phi) is 87.0. The predicted molar refractivity (Wildman–Crippen MR) is 434 cm³/mol. The van der Waals surface area contributed by atoms with Crippen molar-refractivity contribution in [3.8, 4) is 0 Å². The number of phosphoric acid groups is 2. The van der Waals surface area contributed by atoms with Crippen LogP contribution in [-0.4, -0.2) is 93.6 Å². The molecule has 0 aromatic carbocycles. The van der Waals surface area contributed by atoms with Crippen molar-refractivity contribution in [3.63, 3.8) is 0 Å². The number of carbonyl (C=O) groups excluding carboxylic acids is 5. The van der Waals surface area contributed by atoms with Crippen molar-refractivity contribution >= 4 is 45.4 Å². The molecule has 6 atom stereocenters. The Labute approximate surface area is 707 Å². The molecule has 0 bridgehead atoms. The molecular weight excluding hydrogens is 1420 g/mol. The van der Waals surface area contributed by atoms with Crippen LogP contribution in [0.3, 0.4) is 0 Å². The maximum atomic E-state index is 13.7. The summed E-state index contributed by atoms with van der Waals surface area (Å²) < 4.78 is 60.4. The number of hydrogen-bond donors (Lipinski definition) is 4. The zero-order chi connectivity index (χ0) is 77.8. The number of hydrogen-bond acceptors (Lipinski definition) is 15. The van der Waals surface area contributed by atoms with Crippen LogP contribution in [0.2, 0.25) is 0 Å². The molecule has 108 heavy (non-hydrogen) atoms. The molecule has 4 N–H and O–H groups in total. The van der Waals surface area contributed by atoms with Gasteiger partial charge in [0.1, 0.15) is 12.2 Å². The second-order valence-corrected chi connectivity index (χ2v) is 33.5. The third-order valence-electron chi connectivity index (χ3n) is 20.4. The maximum Gasteiger partial charge on any atom is 1.00 e. The van der Waals surface area contributed by atoms with Crippen LogP contribution in [0.5, 0.6) is 0 Å². The largest absolute Gasteiger partial charge is 1.00 e. The first-order valence-corrected chi connectivity index (χ1v) is 47.7. The number of phosphoric ester groups is 2. The van der Waals surface area contributed by atoms with Crippen LogP contribution in [-0.2, 0) is 55.9 Å². The third-order valence-corrected chi connectivity index (χ3v) is 22.4. The first kappa shape index (κ1) is 112. The fraction of sp³-hybridized carbons (Fsp3) is 0.941. The Balaban J connectivity index is -0.0000551. The number of nitrogens with one attached hydrogen (secondary N) is 4. The fourth-order valence-electron chi connectivity index (χ4n) is 13.7. The number of amides is 4. The molecule has 0 aliphatic rings. The summed E-state index contributed by atoms with van der Waals surface area (Å²) in [6.45, 7) is 10.7. The van der Waals surface area contributed by atoms with Gasteiger partial charge in [-0.1, -0.05) is 375 Å². The summed E-state index contributed by atoms with van der Waals surface area (Å²) in [6.07, 6.45) is 64.2. The van der Waals surface area contributed by atoms with E-state index in [1.54, 1.807) is 0 Å². The van der Waals surface area contributed by atoms with Crippen LogP contribution in [0.25, 0.3) is 0 Å². The van der Waals surface area contributed by atoms with Crippen LogP contribution < -0.4 is 90.2 Å². The van der Waals surface area contributed by atoms with E-state index >= 15 is 0 Å². The van der Waals surface area contributed by atoms with E-state index in [2.05, 4.69) is 62.8 Å². The number of ether oxygens (including phenoxy) is 2. The Morgan fingerprint density at radius 3 is 0.722 bits per heavy atom. The van der Waals surface area contributed by atoms with Gasteiger partial charge in [0.05, 0.1) is 38.5 Å². The first-order valence-electron chi connectivity index (χ1n) is 44.8. The number of rotatable bonds is 84. The van der Waals surface area contributed by atoms with E-state index in [-0.39, 0.29) is 122 Å². The molecule has 0 aromatic rings. The van der Waals surface area contributed by atoms with Crippen molar-refractivity contribution in [1.82, 2.24) is 21.3 Å². The molecule has 0 aromatic heterocycles. The molecular formula is C85H166N4Na2O15P2. The number of unbranched alkanes of at least 4 members (excludes halogenated alkanes) is 52. The minimum absolute atomic E-state index is 0. The van der Waals surface area contributed by atoms with Gasteiger partial charge in [0.15, 0.2) is 0 Å². The molecule has 0 fully saturated rings. The van der Waals surface area contributed by atoms with E-state index < -0.39 is 72.4 Å². The van der Waals surface area contributed by atoms with E-state index in [0.717, 1.165) is 128 Å². The molecule has 0 saturated heterocycles. The minimum atomic E-state index is -5.05. The average molecular weight is 1590 g/mol. The SMILES string of the molecule is CCCCCCCCCCCCCC(=O)N[C@@H](COP(=O)([O-])OCCNC(=O)NCCOP(=O)([O-])OC[C@H](NC(=O)CCCCCCCCCCCCC)[C@@H](CCCCCCCCCCC)OC(=O)CCCCCCCCCCC)[C@@H](CCCCCCCCCCC)OC(=O)CCCCCCCCCCC.[Na+].[Na+]. The molecule has 19 nitrogen and oxygen atoms in total. The van der Waals surface area contributed by atoms with Crippen LogP contribution in [0.1, 0.15) is 452 Å². The molecule has 23 heteroatoms. The molecule has 628 valence electrons. The maximum absolute atomic E-state index is 13.7. The normalized spacial score (nSPS) is 13.6. The van der Waals surface area contributed by atoms with Crippen LogP contribution >= 0.6 is 15.6 Å². The molecule has 0 spiro atoms. The summed E-state index contributed by atoms with van der Waals surface area (Å²) in [5.74, 6) is -1.32. The summed E-state index contributed by atoms with van der Waals surface area (Å²) in [6, 6.07) is -2.71. The molecule has 0 aliphatic carbocycles. The molecule has 4 amide bonds. The van der Waals surface area contributed by atoms with Crippen molar-refractivity contribution in [1.29, 1.82) is 0 Å². The minimum Gasteiger partial charge on any atom is -0.756 e. The van der Waals surface area contributed by atoms with Crippen LogP contribution in [0.4, 0.5) is 4.79 Å². The van der Waals surface area contributed by atoms with Crippen molar-refractivity contribution in [2.75, 3.05) is 39.5 Å². The van der Waals surface area contributed by atoms with Gasteiger partial charge in [-0.25, -0.2) is 4.79 Å². The van der Waals surface area contributed by atoms with Crippen molar-refractivity contribution in [2.45, 2.75) is 477 Å². The zero-order valence-corrected chi connectivity index (χ0v) is 77.1. The topological polar surface area (TPSA) is 269 Å². The van der Waals surface area contributed by atoms with Gasteiger partial charge < -0.3 is 58.6 Å². The number of carbonyl (C=O) groups is 5. The predicted octanol–water partition coefficient (Wildman–Crippen LogP) is 17.2. The average Bonchev–Trinajstić information content (AvgIpc) is 0.880. The summed E-state index contributed by atoms with van der Waals surface area (Å²) in [5, 5.41) is 11.0. The van der Waals surface area contributed by atoms with E-state index in [1.807, 2.05) is 0 Å². The van der Waals surface area contributed by atoms with E-state index in [0.29, 0.717) is 51.4 Å². The van der Waals surface area contributed by atoms with Gasteiger partial charge in [-0.2, -0.15) is 0 Å². The van der Waals surface area contributed by atoms with Gasteiger partial charge >= 0.3 is 77.1 Å². The Morgan fingerprint density at radius 1 is 0.287 bits per heavy atom. The molecule has 0 aliphatic heterocycles. The van der Waals surface area contributed by atoms with Gasteiger partial charge in [0.25, 0.3) is 15.6 Å². The molecule has 2 unspecified atom stereocenters. The van der Waals surface area contributed by atoms with Gasteiger partial charge in [0.2, 0.25) is 11.8 Å². The molecule has 0 saturated carbocycles. The van der Waals surface area contributed by atoms with Crippen LogP contribution in [0, 0.1) is 0 Å². The van der Waals surface area contributed by atoms with Gasteiger partial charge in [-0.15, -0.1) is 0 Å². The molecule has 0 heterocycles. The summed E-state index contributed by atoms with van der Waals surface area (Å²) >= 11 is 0. The standard InChI is InChI=1S/C85H168N4O15P2.2Na/c1-7-13-19-25-31-37-39-45-49-55-61-67-81(90)88-77(79(65-59-53-47-41-33-27-21-15-9-3)103-83(92)69-63-57-51-43-35-29-23-17-11-5)75-101-105(95,96)99-73-71-86-85(94)87-72-74-100-106(97,98)102-76-78(89-82(91)68-62-56-50-46-40-38-32-26-20-14-8-2)80(66-60-54-48-42-34-28-22-16-10-4)104-84(93)70-64-58-52-44-36-30-24-18-12-6;;/h77-80H,7-76H2,1-6H3,(H,88,90)(H,89,91)(H,95,96)(H,97,98)(H2,86,87,94);;/q;2*+1/p-2/t77-,78-,79+,80+;;/m0../s1. The van der Waals surface area contributed by atoms with E-state index in [1.165, 1.54) is 205 Å². The zero-order valence-electron chi connectivity index (χ0n) is 71.3. The molecule has 0 rings (SSSR count). The summed E-state index contributed by atoms with van der Waals surface area (Å²) in [7, 11) is -10.1. The summed E-state index contributed by atoms with van der Waals surface area (Å²) in [5.41, 5.74) is 0.